The van der Waals surface area contributed by atoms with E-state index >= 15 is 4.39 Å². The highest BCUT2D eigenvalue weighted by atomic mass is 35.5. The Kier molecular flexibility index (Phi) is 5.82. The minimum atomic E-state index is -2.36. The van der Waals surface area contributed by atoms with Crippen LogP contribution in [-0.2, 0) is 29.1 Å². The van der Waals surface area contributed by atoms with Crippen molar-refractivity contribution in [2.24, 2.45) is 0 Å². The van der Waals surface area contributed by atoms with Crippen molar-refractivity contribution >= 4 is 17.4 Å². The number of carbonyl (C=O) groups excluding carboxylic acids is 1. The summed E-state index contributed by atoms with van der Waals surface area (Å²) in [7, 11) is 0. The second-order valence-corrected chi connectivity index (χ2v) is 7.40. The van der Waals surface area contributed by atoms with Gasteiger partial charge in [0.25, 0.3) is 0 Å². The van der Waals surface area contributed by atoms with Crippen LogP contribution in [-0.4, -0.2) is 32.7 Å². The summed E-state index contributed by atoms with van der Waals surface area (Å²) < 4.78 is 29.2. The molecule has 0 aliphatic heterocycles. The topological polar surface area (TPSA) is 90.7 Å². The van der Waals surface area contributed by atoms with Gasteiger partial charge >= 0.3 is 0 Å². The first-order valence-electron chi connectivity index (χ1n) is 8.84. The molecule has 1 heterocycles. The van der Waals surface area contributed by atoms with Gasteiger partial charge in [-0.2, -0.15) is 0 Å². The Hall–Kier alpha value is -1.93. The Bertz CT molecular complexity index is 910. The summed E-state index contributed by atoms with van der Waals surface area (Å²) in [5.41, 5.74) is -3.54. The Balaban J connectivity index is 1.88. The minimum absolute atomic E-state index is 0.0272. The molecular weight excluding hydrogens is 392 g/mol. The molecule has 0 radical (unpaired) electrons. The molecule has 1 aromatic carbocycles. The quantitative estimate of drug-likeness (QED) is 0.680. The molecule has 0 fully saturated rings. The fourth-order valence-electron chi connectivity index (χ4n) is 3.69. The monoisotopic (exact) mass is 411 g/mol. The van der Waals surface area contributed by atoms with Crippen LogP contribution in [0.15, 0.2) is 30.5 Å². The third-order valence-corrected chi connectivity index (χ3v) is 5.62. The van der Waals surface area contributed by atoms with Crippen molar-refractivity contribution in [2.45, 2.75) is 43.6 Å². The van der Waals surface area contributed by atoms with Gasteiger partial charge in [-0.25, -0.2) is 8.78 Å². The Morgan fingerprint density at radius 3 is 2.71 bits per heavy atom. The number of halogens is 3. The van der Waals surface area contributed by atoms with Gasteiger partial charge in [0.2, 0.25) is 0 Å². The predicted molar refractivity (Wildman–Crippen MR) is 97.9 cm³/mol. The zero-order valence-corrected chi connectivity index (χ0v) is 15.7. The van der Waals surface area contributed by atoms with Crippen molar-refractivity contribution in [1.29, 1.82) is 0 Å². The lowest BCUT2D eigenvalue weighted by Crippen LogP contribution is -2.45. The van der Waals surface area contributed by atoms with Gasteiger partial charge in [-0.05, 0) is 48.6 Å². The maximum absolute atomic E-state index is 15.8. The van der Waals surface area contributed by atoms with Gasteiger partial charge in [-0.15, -0.1) is 0 Å². The average molecular weight is 412 g/mol. The molecule has 3 rings (SSSR count). The van der Waals surface area contributed by atoms with Crippen molar-refractivity contribution in [3.05, 3.63) is 63.7 Å². The first-order valence-corrected chi connectivity index (χ1v) is 9.22. The molecule has 0 bridgehead atoms. The van der Waals surface area contributed by atoms with Crippen LogP contribution in [0.5, 0.6) is 0 Å². The highest BCUT2D eigenvalue weighted by Crippen LogP contribution is 2.46. The maximum Gasteiger partial charge on any atom is 0.195 e. The van der Waals surface area contributed by atoms with Gasteiger partial charge in [0, 0.05) is 23.2 Å². The Morgan fingerprint density at radius 1 is 1.29 bits per heavy atom. The van der Waals surface area contributed by atoms with Crippen LogP contribution in [0.4, 0.5) is 8.78 Å². The summed E-state index contributed by atoms with van der Waals surface area (Å²) in [4.78, 5) is 16.8. The number of alkyl halides is 1. The average Bonchev–Trinajstić information content (AvgIpc) is 2.69. The van der Waals surface area contributed by atoms with Crippen molar-refractivity contribution in [1.82, 2.24) is 4.98 Å². The van der Waals surface area contributed by atoms with Crippen LogP contribution >= 0.6 is 11.6 Å². The molecule has 2 aromatic rings. The molecular formula is C20H20ClF2NO4. The number of ketones is 1. The minimum Gasteiger partial charge on any atom is -0.393 e. The zero-order valence-electron chi connectivity index (χ0n) is 15.0. The number of aliphatic hydroxyl groups is 3. The van der Waals surface area contributed by atoms with E-state index in [0.29, 0.717) is 5.56 Å². The van der Waals surface area contributed by atoms with Gasteiger partial charge in [0.15, 0.2) is 11.5 Å². The molecule has 0 saturated heterocycles. The Morgan fingerprint density at radius 2 is 2.04 bits per heavy atom. The smallest absolute Gasteiger partial charge is 0.195 e. The third kappa shape index (κ3) is 3.55. The number of nitrogens with zero attached hydrogens (tertiary/aromatic N) is 1. The van der Waals surface area contributed by atoms with Crippen LogP contribution < -0.4 is 0 Å². The summed E-state index contributed by atoms with van der Waals surface area (Å²) >= 11 is 6.03. The lowest BCUT2D eigenvalue weighted by atomic mass is 9.72. The van der Waals surface area contributed by atoms with E-state index < -0.39 is 36.1 Å². The lowest BCUT2D eigenvalue weighted by molar-refractivity contribution is -0.135. The normalized spacial score (nSPS) is 24.1. The number of fused-ring (bicyclic) bond motifs is 1. The van der Waals surface area contributed by atoms with Crippen LogP contribution in [0, 0.1) is 5.82 Å². The van der Waals surface area contributed by atoms with E-state index in [4.69, 9.17) is 11.6 Å². The van der Waals surface area contributed by atoms with Crippen LogP contribution in [0.3, 0.4) is 0 Å². The summed E-state index contributed by atoms with van der Waals surface area (Å²) in [6.07, 6.45) is 0.697. The molecule has 8 heteroatoms. The number of rotatable bonds is 6. The molecule has 28 heavy (non-hydrogen) atoms. The van der Waals surface area contributed by atoms with E-state index in [0.717, 1.165) is 12.1 Å². The van der Waals surface area contributed by atoms with Crippen LogP contribution in [0.2, 0.25) is 5.02 Å². The second kappa shape index (κ2) is 7.83. The molecule has 0 saturated carbocycles. The van der Waals surface area contributed by atoms with Gasteiger partial charge in [0.1, 0.15) is 11.4 Å². The van der Waals surface area contributed by atoms with Gasteiger partial charge < -0.3 is 15.3 Å². The highest BCUT2D eigenvalue weighted by Gasteiger charge is 2.51. The van der Waals surface area contributed by atoms with Crippen molar-refractivity contribution in [3.8, 4) is 0 Å². The molecule has 3 N–H and O–H groups in total. The summed E-state index contributed by atoms with van der Waals surface area (Å²) in [5, 5.41) is 29.5. The number of carbonyl (C=O) groups is 1. The van der Waals surface area contributed by atoms with Crippen LogP contribution in [0.25, 0.3) is 0 Å². The molecule has 1 aliphatic carbocycles. The van der Waals surface area contributed by atoms with Crippen molar-refractivity contribution < 1.29 is 28.9 Å². The molecule has 1 aromatic heterocycles. The van der Waals surface area contributed by atoms with E-state index in [1.807, 2.05) is 0 Å². The molecule has 5 nitrogen and oxygen atoms in total. The van der Waals surface area contributed by atoms with E-state index in [1.165, 1.54) is 18.3 Å². The largest absolute Gasteiger partial charge is 0.393 e. The first kappa shape index (κ1) is 20.8. The van der Waals surface area contributed by atoms with Crippen LogP contribution in [0.1, 0.15) is 41.6 Å². The summed E-state index contributed by atoms with van der Waals surface area (Å²) in [6, 6.07) is 5.04. The summed E-state index contributed by atoms with van der Waals surface area (Å²) in [6.45, 7) is -1.09. The van der Waals surface area contributed by atoms with E-state index in [2.05, 4.69) is 4.98 Å². The number of hydrogen-bond acceptors (Lipinski definition) is 5. The molecule has 1 aliphatic rings. The maximum atomic E-state index is 15.8. The first-order chi connectivity index (χ1) is 13.2. The molecule has 2 atom stereocenters. The molecule has 150 valence electrons. The number of aliphatic hydroxyl groups excluding tert-OH is 2. The van der Waals surface area contributed by atoms with E-state index in [9.17, 15) is 24.5 Å². The number of Topliss-reactive ketones (excluding diaryl/α,β-unsaturated/α-hetero) is 1. The van der Waals surface area contributed by atoms with Gasteiger partial charge in [-0.1, -0.05) is 17.7 Å². The lowest BCUT2D eigenvalue weighted by Gasteiger charge is -2.38. The van der Waals surface area contributed by atoms with Crippen molar-refractivity contribution in [3.63, 3.8) is 0 Å². The number of benzene rings is 1. The van der Waals surface area contributed by atoms with Crippen molar-refractivity contribution in [2.75, 3.05) is 6.61 Å². The van der Waals surface area contributed by atoms with E-state index in [1.54, 1.807) is 0 Å². The zero-order chi connectivity index (χ0) is 20.5. The fourth-order valence-corrected chi connectivity index (χ4v) is 4.01. The number of aromatic nitrogens is 1. The van der Waals surface area contributed by atoms with E-state index in [-0.39, 0.29) is 47.5 Å². The molecule has 0 unspecified atom stereocenters. The number of hydrogen-bond donors (Lipinski definition) is 3. The fraction of sp³-hybridized carbons (Fsp3) is 0.400. The SMILES string of the molecule is O=C(CCc1c(Cl)cc(F)cc1CO)[C@]1(F)CC[C@@](O)(CO)c2ncccc21. The standard InChI is InChI=1S/C20H20ClF2NO4/c21-16-9-13(22)8-12(10-25)14(16)3-4-17(27)20(23)6-5-19(28,11-26)18-15(20)2-1-7-24-18/h1-2,7-9,25-26,28H,3-6,10-11H2/t19-,20+/m1/s1. The van der Waals surface area contributed by atoms with Gasteiger partial charge in [-0.3, -0.25) is 9.78 Å². The molecule has 0 spiro atoms. The third-order valence-electron chi connectivity index (χ3n) is 5.29. The predicted octanol–water partition coefficient (Wildman–Crippen LogP) is 2.71. The van der Waals surface area contributed by atoms with Gasteiger partial charge in [0.05, 0.1) is 18.9 Å². The highest BCUT2D eigenvalue weighted by molar-refractivity contribution is 6.31. The summed E-state index contributed by atoms with van der Waals surface area (Å²) in [5.74, 6) is -1.34. The second-order valence-electron chi connectivity index (χ2n) is 7.00. The Labute approximate surface area is 165 Å². The molecule has 0 amide bonds. The number of pyridine rings is 1.